The molecule has 0 aliphatic carbocycles. The maximum atomic E-state index is 12.6. The third kappa shape index (κ3) is 2.21. The quantitative estimate of drug-likeness (QED) is 0.812. The van der Waals surface area contributed by atoms with Gasteiger partial charge in [0.2, 0.25) is 0 Å². The second-order valence-corrected chi connectivity index (χ2v) is 6.20. The van der Waals surface area contributed by atoms with Crippen molar-refractivity contribution in [1.29, 1.82) is 0 Å². The van der Waals surface area contributed by atoms with Crippen molar-refractivity contribution < 1.29 is 9.53 Å². The Morgan fingerprint density at radius 1 is 1.33 bits per heavy atom. The molecule has 0 aliphatic heterocycles. The molecule has 0 N–H and O–H groups in total. The predicted octanol–water partition coefficient (Wildman–Crippen LogP) is 1.92. The summed E-state index contributed by atoms with van der Waals surface area (Å²) in [5.41, 5.74) is -0.513. The Morgan fingerprint density at radius 2 is 1.95 bits per heavy atom. The number of aryl methyl sites for hydroxylation is 1. The number of methoxy groups -OCH3 is 1. The molecule has 0 unspecified atom stereocenters. The van der Waals surface area contributed by atoms with E-state index in [-0.39, 0.29) is 29.2 Å². The number of thiophene rings is 1. The van der Waals surface area contributed by atoms with Gasteiger partial charge >= 0.3 is 11.7 Å². The number of nitrogens with zero attached hydrogens (tertiary/aromatic N) is 2. The number of aromatic nitrogens is 2. The molecule has 0 amide bonds. The van der Waals surface area contributed by atoms with Crippen molar-refractivity contribution in [2.45, 2.75) is 40.3 Å². The van der Waals surface area contributed by atoms with Crippen LogP contribution in [0.2, 0.25) is 0 Å². The van der Waals surface area contributed by atoms with Crippen LogP contribution in [0.5, 0.6) is 0 Å². The number of carbonyl (C=O) groups excluding carboxylic acids is 1. The van der Waals surface area contributed by atoms with Gasteiger partial charge in [0.15, 0.2) is 0 Å². The lowest BCUT2D eigenvalue weighted by molar-refractivity contribution is 0.0602. The fourth-order valence-corrected chi connectivity index (χ4v) is 3.68. The van der Waals surface area contributed by atoms with Crippen LogP contribution in [0.25, 0.3) is 10.2 Å². The molecule has 6 nitrogen and oxygen atoms in total. The first kappa shape index (κ1) is 15.5. The molecule has 2 rings (SSSR count). The largest absolute Gasteiger partial charge is 0.465 e. The highest BCUT2D eigenvalue weighted by atomic mass is 32.1. The lowest BCUT2D eigenvalue weighted by Crippen LogP contribution is -2.40. The first-order valence-corrected chi connectivity index (χ1v) is 7.53. The van der Waals surface area contributed by atoms with Crippen LogP contribution < -0.4 is 11.2 Å². The van der Waals surface area contributed by atoms with Crippen molar-refractivity contribution in [1.82, 2.24) is 9.13 Å². The van der Waals surface area contributed by atoms with Crippen LogP contribution in [0.1, 0.15) is 42.0 Å². The number of hydrogen-bond acceptors (Lipinski definition) is 5. The van der Waals surface area contributed by atoms with Crippen molar-refractivity contribution >= 4 is 27.5 Å². The molecule has 0 fully saturated rings. The summed E-state index contributed by atoms with van der Waals surface area (Å²) in [6, 6.07) is -0.109. The molecule has 0 bridgehead atoms. The highest BCUT2D eigenvalue weighted by Gasteiger charge is 2.25. The van der Waals surface area contributed by atoms with Gasteiger partial charge in [-0.1, -0.05) is 0 Å². The summed E-state index contributed by atoms with van der Waals surface area (Å²) in [5.74, 6) is -0.549. The number of hydrogen-bond donors (Lipinski definition) is 0. The lowest BCUT2D eigenvalue weighted by Gasteiger charge is -2.13. The second-order valence-electron chi connectivity index (χ2n) is 5.00. The third-order valence-electron chi connectivity index (χ3n) is 3.40. The van der Waals surface area contributed by atoms with E-state index < -0.39 is 11.5 Å². The second kappa shape index (κ2) is 5.48. The molecule has 7 heteroatoms. The van der Waals surface area contributed by atoms with Crippen molar-refractivity contribution in [2.75, 3.05) is 7.11 Å². The Kier molecular flexibility index (Phi) is 4.04. The zero-order valence-corrected chi connectivity index (χ0v) is 13.5. The van der Waals surface area contributed by atoms with E-state index in [0.717, 1.165) is 4.57 Å². The highest BCUT2D eigenvalue weighted by Crippen LogP contribution is 2.29. The number of ether oxygens (including phenoxy) is 1. The van der Waals surface area contributed by atoms with Crippen LogP contribution >= 0.6 is 11.3 Å². The Bertz CT molecular complexity index is 826. The van der Waals surface area contributed by atoms with E-state index in [1.165, 1.54) is 18.4 Å². The van der Waals surface area contributed by atoms with Gasteiger partial charge in [-0.15, -0.1) is 11.3 Å². The highest BCUT2D eigenvalue weighted by molar-refractivity contribution is 7.19. The van der Waals surface area contributed by atoms with E-state index in [1.807, 2.05) is 13.8 Å². The maximum Gasteiger partial charge on any atom is 0.339 e. The fraction of sp³-hybridized carbons (Fsp3) is 0.500. The van der Waals surface area contributed by atoms with E-state index in [2.05, 4.69) is 0 Å². The van der Waals surface area contributed by atoms with E-state index in [4.69, 9.17) is 4.74 Å². The molecule has 2 aromatic heterocycles. The Morgan fingerprint density at radius 3 is 2.43 bits per heavy atom. The summed E-state index contributed by atoms with van der Waals surface area (Å²) in [6.07, 6.45) is 0. The molecular formula is C14H18N2O4S. The molecule has 2 heterocycles. The number of rotatable bonds is 3. The Balaban J connectivity index is 3.11. The van der Waals surface area contributed by atoms with Crippen LogP contribution in [0.4, 0.5) is 0 Å². The molecule has 0 aromatic carbocycles. The molecule has 0 saturated carbocycles. The van der Waals surface area contributed by atoms with Crippen molar-refractivity contribution in [3.63, 3.8) is 0 Å². The van der Waals surface area contributed by atoms with Gasteiger partial charge in [-0.3, -0.25) is 13.9 Å². The van der Waals surface area contributed by atoms with E-state index in [9.17, 15) is 14.4 Å². The topological polar surface area (TPSA) is 70.3 Å². The van der Waals surface area contributed by atoms with E-state index in [1.54, 1.807) is 18.4 Å². The fourth-order valence-electron chi connectivity index (χ4n) is 2.42. The minimum absolute atomic E-state index is 0.109. The summed E-state index contributed by atoms with van der Waals surface area (Å²) in [7, 11) is 1.28. The van der Waals surface area contributed by atoms with Gasteiger partial charge in [0.1, 0.15) is 4.83 Å². The van der Waals surface area contributed by atoms with Gasteiger partial charge < -0.3 is 4.74 Å². The minimum Gasteiger partial charge on any atom is -0.465 e. The van der Waals surface area contributed by atoms with Crippen molar-refractivity contribution in [2.24, 2.45) is 0 Å². The Hall–Kier alpha value is -1.89. The van der Waals surface area contributed by atoms with Crippen LogP contribution in [0.3, 0.4) is 0 Å². The van der Waals surface area contributed by atoms with Crippen LogP contribution in [0, 0.1) is 6.92 Å². The standard InChI is InChI=1S/C14H18N2O4S/c1-6-15-11(17)10-9(13(18)20-5)8(4)21-12(10)16(7(2)3)14(15)19/h7H,6H2,1-5H3. The van der Waals surface area contributed by atoms with Crippen molar-refractivity contribution in [3.05, 3.63) is 31.3 Å². The van der Waals surface area contributed by atoms with Gasteiger partial charge in [-0.25, -0.2) is 9.59 Å². The average Bonchev–Trinajstić information content (AvgIpc) is 2.75. The zero-order valence-electron chi connectivity index (χ0n) is 12.7. The molecule has 21 heavy (non-hydrogen) atoms. The molecule has 0 radical (unpaired) electrons. The third-order valence-corrected chi connectivity index (χ3v) is 4.51. The SMILES string of the molecule is CCn1c(=O)c2c(C(=O)OC)c(C)sc2n(C(C)C)c1=O. The maximum absolute atomic E-state index is 12.6. The van der Waals surface area contributed by atoms with Crippen LogP contribution in [0.15, 0.2) is 9.59 Å². The first-order valence-electron chi connectivity index (χ1n) is 6.71. The normalized spacial score (nSPS) is 11.3. The molecule has 2 aromatic rings. The average molecular weight is 310 g/mol. The van der Waals surface area contributed by atoms with Gasteiger partial charge in [0, 0.05) is 17.5 Å². The van der Waals surface area contributed by atoms with Gasteiger partial charge in [0.05, 0.1) is 18.1 Å². The molecule has 0 saturated heterocycles. The number of carbonyl (C=O) groups is 1. The summed E-state index contributed by atoms with van der Waals surface area (Å²) in [5, 5.41) is 0.277. The Labute approximate surface area is 125 Å². The van der Waals surface area contributed by atoms with E-state index >= 15 is 0 Å². The van der Waals surface area contributed by atoms with Crippen LogP contribution in [-0.4, -0.2) is 22.2 Å². The van der Waals surface area contributed by atoms with E-state index in [0.29, 0.717) is 9.71 Å². The lowest BCUT2D eigenvalue weighted by atomic mass is 10.2. The predicted molar refractivity (Wildman–Crippen MR) is 82.5 cm³/mol. The van der Waals surface area contributed by atoms with Gasteiger partial charge in [-0.05, 0) is 27.7 Å². The molecule has 114 valence electrons. The minimum atomic E-state index is -0.549. The van der Waals surface area contributed by atoms with Gasteiger partial charge in [-0.2, -0.15) is 0 Å². The molecular weight excluding hydrogens is 292 g/mol. The number of fused-ring (bicyclic) bond motifs is 1. The first-order chi connectivity index (χ1) is 9.84. The zero-order chi connectivity index (χ0) is 15.9. The monoisotopic (exact) mass is 310 g/mol. The summed E-state index contributed by atoms with van der Waals surface area (Å²) in [4.78, 5) is 38.2. The summed E-state index contributed by atoms with van der Waals surface area (Å²) in [6.45, 7) is 7.49. The van der Waals surface area contributed by atoms with Gasteiger partial charge in [0.25, 0.3) is 5.56 Å². The smallest absolute Gasteiger partial charge is 0.339 e. The van der Waals surface area contributed by atoms with Crippen LogP contribution in [-0.2, 0) is 11.3 Å². The summed E-state index contributed by atoms with van der Waals surface area (Å²) < 4.78 is 7.49. The molecule has 0 aliphatic rings. The number of esters is 1. The summed E-state index contributed by atoms with van der Waals surface area (Å²) >= 11 is 1.27. The molecule has 0 spiro atoms. The molecule has 0 atom stereocenters. The van der Waals surface area contributed by atoms with Crippen molar-refractivity contribution in [3.8, 4) is 0 Å².